The third-order valence-corrected chi connectivity index (χ3v) is 7.22. The summed E-state index contributed by atoms with van der Waals surface area (Å²) in [5.41, 5.74) is -2.22. The molecule has 0 spiro atoms. The molecule has 0 atom stereocenters. The van der Waals surface area contributed by atoms with Crippen LogP contribution in [0.3, 0.4) is 0 Å². The summed E-state index contributed by atoms with van der Waals surface area (Å²) in [7, 11) is 0. The van der Waals surface area contributed by atoms with Gasteiger partial charge in [-0.25, -0.2) is 0 Å². The average Bonchev–Trinajstić information content (AvgIpc) is 2.67. The number of hydrogen-bond donors (Lipinski definition) is 0. The molecule has 2 rings (SSSR count). The number of hydrogen-bond acceptors (Lipinski definition) is 4. The number of nitro benzene ring substituents is 1. The Morgan fingerprint density at radius 2 is 1.81 bits per heavy atom. The van der Waals surface area contributed by atoms with Crippen LogP contribution in [-0.2, 0) is 6.18 Å². The Morgan fingerprint density at radius 3 is 2.26 bits per heavy atom. The van der Waals surface area contributed by atoms with Crippen molar-refractivity contribution < 1.29 is 22.9 Å². The summed E-state index contributed by atoms with van der Waals surface area (Å²) in [6.07, 6.45) is 0.123. The first-order chi connectivity index (χ1) is 14.3. The van der Waals surface area contributed by atoms with Crippen LogP contribution in [0.4, 0.5) is 18.9 Å². The molecule has 0 heterocycles. The summed E-state index contributed by atoms with van der Waals surface area (Å²) in [6.45, 7) is 9.03. The molecule has 31 heavy (non-hydrogen) atoms. The van der Waals surface area contributed by atoms with Crippen molar-refractivity contribution in [3.63, 3.8) is 0 Å². The zero-order valence-corrected chi connectivity index (χ0v) is 19.5. The van der Waals surface area contributed by atoms with Crippen LogP contribution in [0.5, 0.6) is 0 Å². The van der Waals surface area contributed by atoms with Crippen LogP contribution >= 0.6 is 11.8 Å². The molecule has 1 saturated carbocycles. The molecule has 1 fully saturated rings. The quantitative estimate of drug-likeness (QED) is 0.248. The molecule has 0 unspecified atom stereocenters. The summed E-state index contributed by atoms with van der Waals surface area (Å²) >= 11 is 1.03. The number of amides is 1. The molecule has 174 valence electrons. The van der Waals surface area contributed by atoms with E-state index in [0.717, 1.165) is 56.0 Å². The van der Waals surface area contributed by atoms with Crippen molar-refractivity contribution in [2.45, 2.75) is 101 Å². The van der Waals surface area contributed by atoms with E-state index in [-0.39, 0.29) is 17.0 Å². The van der Waals surface area contributed by atoms with Gasteiger partial charge in [0.15, 0.2) is 0 Å². The predicted molar refractivity (Wildman–Crippen MR) is 117 cm³/mol. The van der Waals surface area contributed by atoms with Gasteiger partial charge in [0, 0.05) is 22.9 Å². The van der Waals surface area contributed by atoms with E-state index in [0.29, 0.717) is 6.42 Å². The lowest BCUT2D eigenvalue weighted by Gasteiger charge is -2.38. The van der Waals surface area contributed by atoms with Crippen molar-refractivity contribution in [1.29, 1.82) is 0 Å². The van der Waals surface area contributed by atoms with Gasteiger partial charge in [0.1, 0.15) is 0 Å². The van der Waals surface area contributed by atoms with Gasteiger partial charge < -0.3 is 4.90 Å². The van der Waals surface area contributed by atoms with Gasteiger partial charge in [-0.2, -0.15) is 13.2 Å². The third kappa shape index (κ3) is 6.14. The number of carbonyl (C=O) groups is 1. The molecule has 0 saturated heterocycles. The van der Waals surface area contributed by atoms with E-state index in [4.69, 9.17) is 0 Å². The molecule has 0 N–H and O–H groups in total. The van der Waals surface area contributed by atoms with Crippen LogP contribution in [0.2, 0.25) is 0 Å². The van der Waals surface area contributed by atoms with Gasteiger partial charge in [-0.05, 0) is 39.2 Å². The van der Waals surface area contributed by atoms with Crippen LogP contribution < -0.4 is 0 Å². The standard InChI is InChI=1S/C22H31F3N2O3S/c1-6-21(4,5)31-19-13-17(22(23,24)25)16(12-18(19)27(29)30)20(28)26(14(2)3)15-10-8-7-9-11-15/h12-15H,6-11H2,1-5H3. The topological polar surface area (TPSA) is 63.5 Å². The maximum absolute atomic E-state index is 14.0. The second-order valence-corrected chi connectivity index (χ2v) is 10.7. The molecular formula is C22H31F3N2O3S. The van der Waals surface area contributed by atoms with E-state index in [1.165, 1.54) is 4.90 Å². The lowest BCUT2D eigenvalue weighted by Crippen LogP contribution is -2.46. The highest BCUT2D eigenvalue weighted by molar-refractivity contribution is 8.00. The smallest absolute Gasteiger partial charge is 0.333 e. The molecule has 0 bridgehead atoms. The van der Waals surface area contributed by atoms with Crippen molar-refractivity contribution >= 4 is 23.4 Å². The number of rotatable bonds is 7. The van der Waals surface area contributed by atoms with Crippen molar-refractivity contribution in [1.82, 2.24) is 4.90 Å². The number of carbonyl (C=O) groups excluding carboxylic acids is 1. The van der Waals surface area contributed by atoms with Crippen molar-refractivity contribution in [2.75, 3.05) is 0 Å². The second kappa shape index (κ2) is 9.79. The monoisotopic (exact) mass is 460 g/mol. The highest BCUT2D eigenvalue weighted by atomic mass is 32.2. The summed E-state index contributed by atoms with van der Waals surface area (Å²) in [4.78, 5) is 25.8. The van der Waals surface area contributed by atoms with Crippen LogP contribution in [0.1, 0.15) is 89.1 Å². The van der Waals surface area contributed by atoms with E-state index < -0.39 is 38.6 Å². The minimum Gasteiger partial charge on any atom is -0.333 e. The Kier molecular flexibility index (Phi) is 8.05. The molecule has 0 radical (unpaired) electrons. The number of thioether (sulfide) groups is 1. The lowest BCUT2D eigenvalue weighted by molar-refractivity contribution is -0.387. The Morgan fingerprint density at radius 1 is 1.23 bits per heavy atom. The summed E-state index contributed by atoms with van der Waals surface area (Å²) in [5.74, 6) is -0.788. The van der Waals surface area contributed by atoms with E-state index in [1.54, 1.807) is 13.8 Å². The average molecular weight is 461 g/mol. The second-order valence-electron chi connectivity index (χ2n) is 8.93. The van der Waals surface area contributed by atoms with E-state index >= 15 is 0 Å². The Labute approximate surface area is 185 Å². The SMILES string of the molecule is CCC(C)(C)Sc1cc(C(F)(F)F)c(C(=O)N(C(C)C)C2CCCCC2)cc1[N+](=O)[O-]. The first-order valence-electron chi connectivity index (χ1n) is 10.7. The molecular weight excluding hydrogens is 429 g/mol. The van der Waals surface area contributed by atoms with E-state index in [1.807, 2.05) is 20.8 Å². The number of alkyl halides is 3. The van der Waals surface area contributed by atoms with Crippen molar-refractivity contribution in [3.05, 3.63) is 33.4 Å². The van der Waals surface area contributed by atoms with E-state index in [2.05, 4.69) is 0 Å². The maximum atomic E-state index is 14.0. The lowest BCUT2D eigenvalue weighted by atomic mass is 9.92. The fraction of sp³-hybridized carbons (Fsp3) is 0.682. The van der Waals surface area contributed by atoms with Crippen LogP contribution in [-0.4, -0.2) is 32.6 Å². The van der Waals surface area contributed by atoms with Gasteiger partial charge >= 0.3 is 6.18 Å². The number of benzene rings is 1. The fourth-order valence-electron chi connectivity index (χ4n) is 3.89. The Balaban J connectivity index is 2.65. The molecule has 1 aliphatic carbocycles. The van der Waals surface area contributed by atoms with Gasteiger partial charge in [-0.3, -0.25) is 14.9 Å². The minimum atomic E-state index is -4.80. The highest BCUT2D eigenvalue weighted by Crippen LogP contribution is 2.44. The van der Waals surface area contributed by atoms with Crippen LogP contribution in [0.15, 0.2) is 17.0 Å². The summed E-state index contributed by atoms with van der Waals surface area (Å²) in [5, 5.41) is 11.7. The van der Waals surface area contributed by atoms with Gasteiger partial charge in [0.25, 0.3) is 11.6 Å². The summed E-state index contributed by atoms with van der Waals surface area (Å²) in [6, 6.07) is 1.14. The zero-order valence-electron chi connectivity index (χ0n) is 18.7. The molecule has 9 heteroatoms. The minimum absolute atomic E-state index is 0.0745. The predicted octanol–water partition coefficient (Wildman–Crippen LogP) is 7.08. The Bertz CT molecular complexity index is 819. The highest BCUT2D eigenvalue weighted by Gasteiger charge is 2.41. The largest absolute Gasteiger partial charge is 0.417 e. The number of halogens is 3. The van der Waals surface area contributed by atoms with Gasteiger partial charge in [-0.15, -0.1) is 11.8 Å². The van der Waals surface area contributed by atoms with E-state index in [9.17, 15) is 28.1 Å². The number of nitrogens with zero attached hydrogens (tertiary/aromatic N) is 2. The van der Waals surface area contributed by atoms with Crippen molar-refractivity contribution in [2.24, 2.45) is 0 Å². The van der Waals surface area contributed by atoms with Crippen LogP contribution in [0.25, 0.3) is 0 Å². The summed E-state index contributed by atoms with van der Waals surface area (Å²) < 4.78 is 41.5. The molecule has 1 aromatic carbocycles. The molecule has 0 aromatic heterocycles. The molecule has 1 aromatic rings. The fourth-order valence-corrected chi connectivity index (χ4v) is 5.05. The maximum Gasteiger partial charge on any atom is 0.417 e. The third-order valence-electron chi connectivity index (χ3n) is 5.83. The van der Waals surface area contributed by atoms with Gasteiger partial charge in [-0.1, -0.05) is 40.0 Å². The first-order valence-corrected chi connectivity index (χ1v) is 11.5. The normalized spacial score (nSPS) is 15.9. The molecule has 0 aliphatic heterocycles. The molecule has 5 nitrogen and oxygen atoms in total. The first kappa shape index (κ1) is 25.5. The Hall–Kier alpha value is -1.77. The number of nitro groups is 1. The van der Waals surface area contributed by atoms with Crippen LogP contribution in [0, 0.1) is 10.1 Å². The van der Waals surface area contributed by atoms with Gasteiger partial charge in [0.05, 0.1) is 20.9 Å². The molecule has 1 aliphatic rings. The zero-order chi connectivity index (χ0) is 23.6. The van der Waals surface area contributed by atoms with Gasteiger partial charge in [0.2, 0.25) is 0 Å². The molecule has 1 amide bonds. The van der Waals surface area contributed by atoms with Crippen molar-refractivity contribution in [3.8, 4) is 0 Å².